The Labute approximate surface area is 120 Å². The summed E-state index contributed by atoms with van der Waals surface area (Å²) in [7, 11) is 0. The van der Waals surface area contributed by atoms with Crippen LogP contribution in [0.4, 0.5) is 0 Å². The summed E-state index contributed by atoms with van der Waals surface area (Å²) in [4.78, 5) is 0. The summed E-state index contributed by atoms with van der Waals surface area (Å²) in [5.41, 5.74) is 0. The van der Waals surface area contributed by atoms with Gasteiger partial charge < -0.3 is 14.7 Å². The molecular formula is C16H36NO2+. The first-order valence-electron chi connectivity index (χ1n) is 8.17. The van der Waals surface area contributed by atoms with Crippen LogP contribution in [0.3, 0.4) is 0 Å². The second-order valence-corrected chi connectivity index (χ2v) is 6.22. The summed E-state index contributed by atoms with van der Waals surface area (Å²) in [6.07, 6.45) is 6.22. The molecule has 116 valence electrons. The molecule has 3 heteroatoms. The van der Waals surface area contributed by atoms with Crippen LogP contribution in [0.15, 0.2) is 0 Å². The van der Waals surface area contributed by atoms with Crippen molar-refractivity contribution >= 4 is 0 Å². The fourth-order valence-electron chi connectivity index (χ4n) is 2.58. The first-order chi connectivity index (χ1) is 8.95. The molecule has 0 aromatic heterocycles. The molecular weight excluding hydrogens is 238 g/mol. The second-order valence-electron chi connectivity index (χ2n) is 6.22. The highest BCUT2D eigenvalue weighted by Gasteiger charge is 2.26. The van der Waals surface area contributed by atoms with Gasteiger partial charge in [-0.2, -0.15) is 0 Å². The number of aliphatic hydroxyl groups excluding tert-OH is 2. The van der Waals surface area contributed by atoms with Gasteiger partial charge in [0.25, 0.3) is 0 Å². The van der Waals surface area contributed by atoms with Crippen LogP contribution in [0.1, 0.15) is 66.2 Å². The third-order valence-corrected chi connectivity index (χ3v) is 4.01. The Morgan fingerprint density at radius 1 is 0.737 bits per heavy atom. The summed E-state index contributed by atoms with van der Waals surface area (Å²) < 4.78 is 1.08. The van der Waals surface area contributed by atoms with Gasteiger partial charge >= 0.3 is 0 Å². The monoisotopic (exact) mass is 274 g/mol. The second kappa shape index (κ2) is 10.6. The van der Waals surface area contributed by atoms with Crippen LogP contribution in [-0.4, -0.2) is 53.1 Å². The van der Waals surface area contributed by atoms with Crippen molar-refractivity contribution in [2.24, 2.45) is 0 Å². The molecule has 0 aliphatic heterocycles. The van der Waals surface area contributed by atoms with Gasteiger partial charge in [-0.1, -0.05) is 26.7 Å². The number of hydrogen-bond donors (Lipinski definition) is 2. The van der Waals surface area contributed by atoms with Crippen LogP contribution in [0.2, 0.25) is 0 Å². The maximum absolute atomic E-state index is 9.58. The van der Waals surface area contributed by atoms with E-state index >= 15 is 0 Å². The lowest BCUT2D eigenvalue weighted by Crippen LogP contribution is -2.52. The van der Waals surface area contributed by atoms with Gasteiger partial charge in [0.15, 0.2) is 0 Å². The molecule has 2 unspecified atom stereocenters. The zero-order valence-electron chi connectivity index (χ0n) is 13.6. The van der Waals surface area contributed by atoms with E-state index in [9.17, 15) is 10.2 Å². The van der Waals surface area contributed by atoms with E-state index in [0.717, 1.165) is 30.4 Å². The summed E-state index contributed by atoms with van der Waals surface area (Å²) in [5.74, 6) is 0. The molecule has 0 saturated heterocycles. The maximum Gasteiger partial charge on any atom is 0.0811 e. The van der Waals surface area contributed by atoms with Gasteiger partial charge in [0.2, 0.25) is 0 Å². The molecule has 0 amide bonds. The highest BCUT2D eigenvalue weighted by atomic mass is 16.3. The molecule has 0 fully saturated rings. The molecule has 2 atom stereocenters. The lowest BCUT2D eigenvalue weighted by molar-refractivity contribution is -0.929. The van der Waals surface area contributed by atoms with Crippen molar-refractivity contribution in [3.8, 4) is 0 Å². The van der Waals surface area contributed by atoms with E-state index in [1.54, 1.807) is 0 Å². The molecule has 0 bridgehead atoms. The lowest BCUT2D eigenvalue weighted by Gasteiger charge is -2.40. The lowest BCUT2D eigenvalue weighted by atomic mass is 10.1. The fourth-order valence-corrected chi connectivity index (χ4v) is 2.58. The number of quaternary nitrogens is 1. The SMILES string of the molecule is CCCC[N+](CCCC)(CCC(C)O)CCC(C)O. The van der Waals surface area contributed by atoms with E-state index in [0.29, 0.717) is 0 Å². The van der Waals surface area contributed by atoms with Gasteiger partial charge in [0.1, 0.15) is 0 Å². The van der Waals surface area contributed by atoms with Crippen molar-refractivity contribution in [3.63, 3.8) is 0 Å². The molecule has 0 saturated carbocycles. The average Bonchev–Trinajstić information content (AvgIpc) is 2.37. The topological polar surface area (TPSA) is 40.5 Å². The number of unbranched alkanes of at least 4 members (excludes halogenated alkanes) is 2. The predicted octanol–water partition coefficient (Wildman–Crippen LogP) is 2.95. The number of aliphatic hydroxyl groups is 2. The van der Waals surface area contributed by atoms with Crippen molar-refractivity contribution in [2.45, 2.75) is 78.4 Å². The zero-order valence-corrected chi connectivity index (χ0v) is 13.6. The summed E-state index contributed by atoms with van der Waals surface area (Å²) in [5, 5.41) is 19.2. The molecule has 2 N–H and O–H groups in total. The molecule has 0 aromatic rings. The van der Waals surface area contributed by atoms with Crippen LogP contribution >= 0.6 is 0 Å². The van der Waals surface area contributed by atoms with Crippen LogP contribution < -0.4 is 0 Å². The number of nitrogens with zero attached hydrogens (tertiary/aromatic N) is 1. The number of hydrogen-bond acceptors (Lipinski definition) is 2. The molecule has 19 heavy (non-hydrogen) atoms. The van der Waals surface area contributed by atoms with Crippen molar-refractivity contribution in [2.75, 3.05) is 26.2 Å². The maximum atomic E-state index is 9.58. The van der Waals surface area contributed by atoms with Gasteiger partial charge in [-0.15, -0.1) is 0 Å². The van der Waals surface area contributed by atoms with Gasteiger partial charge in [0.05, 0.1) is 38.4 Å². The summed E-state index contributed by atoms with van der Waals surface area (Å²) >= 11 is 0. The fraction of sp³-hybridized carbons (Fsp3) is 1.00. The summed E-state index contributed by atoms with van der Waals surface area (Å²) in [6.45, 7) is 12.7. The van der Waals surface area contributed by atoms with Crippen LogP contribution in [-0.2, 0) is 0 Å². The molecule has 0 rings (SSSR count). The van der Waals surface area contributed by atoms with Gasteiger partial charge in [-0.05, 0) is 26.7 Å². The molecule has 0 aromatic carbocycles. The normalized spacial score (nSPS) is 15.5. The van der Waals surface area contributed by atoms with E-state index in [-0.39, 0.29) is 12.2 Å². The van der Waals surface area contributed by atoms with E-state index in [4.69, 9.17) is 0 Å². The molecule has 0 heterocycles. The average molecular weight is 274 g/mol. The van der Waals surface area contributed by atoms with Gasteiger partial charge in [-0.3, -0.25) is 0 Å². The molecule has 0 aliphatic rings. The van der Waals surface area contributed by atoms with Crippen LogP contribution in [0.25, 0.3) is 0 Å². The highest BCUT2D eigenvalue weighted by molar-refractivity contribution is 4.54. The molecule has 0 spiro atoms. The van der Waals surface area contributed by atoms with Crippen LogP contribution in [0, 0.1) is 0 Å². The number of rotatable bonds is 12. The highest BCUT2D eigenvalue weighted by Crippen LogP contribution is 2.16. The van der Waals surface area contributed by atoms with Gasteiger partial charge in [0, 0.05) is 12.8 Å². The first-order valence-corrected chi connectivity index (χ1v) is 8.17. The van der Waals surface area contributed by atoms with Crippen molar-refractivity contribution in [3.05, 3.63) is 0 Å². The third kappa shape index (κ3) is 9.42. The van der Waals surface area contributed by atoms with Crippen LogP contribution in [0.5, 0.6) is 0 Å². The Kier molecular flexibility index (Phi) is 10.6. The standard InChI is InChI=1S/C16H36NO2/c1-5-7-11-17(12-8-6-2,13-9-15(3)18)14-10-16(4)19/h15-16,18-19H,5-14H2,1-4H3/q+1. The van der Waals surface area contributed by atoms with E-state index in [2.05, 4.69) is 13.8 Å². The summed E-state index contributed by atoms with van der Waals surface area (Å²) in [6, 6.07) is 0. The zero-order chi connectivity index (χ0) is 14.7. The smallest absolute Gasteiger partial charge is 0.0811 e. The largest absolute Gasteiger partial charge is 0.393 e. The Morgan fingerprint density at radius 3 is 1.37 bits per heavy atom. The minimum absolute atomic E-state index is 0.215. The van der Waals surface area contributed by atoms with Crippen molar-refractivity contribution < 1.29 is 14.7 Å². The predicted molar refractivity (Wildman–Crippen MR) is 82.1 cm³/mol. The van der Waals surface area contributed by atoms with E-state index in [1.807, 2.05) is 13.8 Å². The Hall–Kier alpha value is -0.120. The molecule has 0 aliphatic carbocycles. The van der Waals surface area contributed by atoms with E-state index in [1.165, 1.54) is 38.8 Å². The van der Waals surface area contributed by atoms with Gasteiger partial charge in [-0.25, -0.2) is 0 Å². The minimum atomic E-state index is -0.215. The molecule has 3 nitrogen and oxygen atoms in total. The van der Waals surface area contributed by atoms with E-state index < -0.39 is 0 Å². The minimum Gasteiger partial charge on any atom is -0.393 e. The third-order valence-electron chi connectivity index (χ3n) is 4.01. The molecule has 0 radical (unpaired) electrons. The Bertz CT molecular complexity index is 183. The van der Waals surface area contributed by atoms with Crippen molar-refractivity contribution in [1.29, 1.82) is 0 Å². The quantitative estimate of drug-likeness (QED) is 0.537. The Balaban J connectivity index is 4.62. The Morgan fingerprint density at radius 2 is 1.11 bits per heavy atom. The first kappa shape index (κ1) is 18.9. The van der Waals surface area contributed by atoms with Crippen molar-refractivity contribution in [1.82, 2.24) is 0 Å².